The maximum atomic E-state index is 14.6. The van der Waals surface area contributed by atoms with Crippen molar-refractivity contribution >= 4 is 63.0 Å². The first-order chi connectivity index (χ1) is 23.3. The number of ether oxygens (including phenoxy) is 1. The Bertz CT molecular complexity index is 2200. The van der Waals surface area contributed by atoms with Gasteiger partial charge in [0.25, 0.3) is 5.91 Å². The summed E-state index contributed by atoms with van der Waals surface area (Å²) in [5.74, 6) is 0.336. The lowest BCUT2D eigenvalue weighted by Crippen LogP contribution is -2.40. The van der Waals surface area contributed by atoms with Crippen LogP contribution in [0, 0.1) is 0 Å². The van der Waals surface area contributed by atoms with Gasteiger partial charge >= 0.3 is 0 Å². The number of fused-ring (bicyclic) bond motifs is 2. The average Bonchev–Trinajstić information content (AvgIpc) is 3.69. The molecule has 0 bridgehead atoms. The molecule has 0 radical (unpaired) electrons. The Balaban J connectivity index is 1.33. The molecule has 1 fully saturated rings. The van der Waals surface area contributed by atoms with E-state index in [2.05, 4.69) is 19.8 Å². The number of piperidine rings is 1. The Morgan fingerprint density at radius 1 is 0.958 bits per heavy atom. The zero-order valence-electron chi connectivity index (χ0n) is 25.9. The number of aromatic nitrogens is 3. The minimum atomic E-state index is -0.384. The first kappa shape index (κ1) is 30.8. The number of amides is 1. The maximum Gasteiger partial charge on any atom is 0.272 e. The van der Waals surface area contributed by atoms with E-state index in [1.54, 1.807) is 19.5 Å². The van der Waals surface area contributed by atoms with Crippen LogP contribution in [0.15, 0.2) is 85.2 Å². The van der Waals surface area contributed by atoms with Gasteiger partial charge in [-0.1, -0.05) is 71.2 Å². The molecule has 1 atom stereocenters. The van der Waals surface area contributed by atoms with Crippen molar-refractivity contribution in [3.63, 3.8) is 0 Å². The Labute approximate surface area is 292 Å². The van der Waals surface area contributed by atoms with Gasteiger partial charge in [0, 0.05) is 62.3 Å². The molecule has 8 rings (SSSR count). The molecule has 242 valence electrons. The molecule has 1 saturated heterocycles. The molecule has 0 aliphatic carbocycles. The topological polar surface area (TPSA) is 101 Å². The molecule has 4 aromatic carbocycles. The van der Waals surface area contributed by atoms with Crippen LogP contribution in [0.1, 0.15) is 40.5 Å². The van der Waals surface area contributed by atoms with Gasteiger partial charge in [-0.2, -0.15) is 0 Å². The number of nitrogens with one attached hydrogen (secondary N) is 2. The first-order valence-corrected chi connectivity index (χ1v) is 16.9. The number of nitrogens with zero attached hydrogens (tertiary/aromatic N) is 3. The summed E-state index contributed by atoms with van der Waals surface area (Å²) in [6, 6.07) is 24.8. The third-order valence-electron chi connectivity index (χ3n) is 9.36. The number of carbonyl (C=O) groups excluding carboxylic acids is 1. The molecular weight excluding hydrogens is 667 g/mol. The summed E-state index contributed by atoms with van der Waals surface area (Å²) in [5.41, 5.74) is 13.8. The van der Waals surface area contributed by atoms with E-state index in [-0.39, 0.29) is 18.0 Å². The molecule has 2 aromatic heterocycles. The number of H-pyrrole nitrogens is 1. The van der Waals surface area contributed by atoms with Crippen LogP contribution in [0.5, 0.6) is 5.75 Å². The fourth-order valence-corrected chi connectivity index (χ4v) is 7.83. The zero-order chi connectivity index (χ0) is 33.1. The molecule has 2 aliphatic heterocycles. The Morgan fingerprint density at radius 2 is 1.75 bits per heavy atom. The summed E-state index contributed by atoms with van der Waals surface area (Å²) in [4.78, 5) is 25.2. The van der Waals surface area contributed by atoms with Crippen LogP contribution < -0.4 is 20.7 Å². The predicted octanol–water partition coefficient (Wildman–Crippen LogP) is 8.80. The van der Waals surface area contributed by atoms with Gasteiger partial charge in [0.05, 0.1) is 42.2 Å². The monoisotopic (exact) mass is 696 g/mol. The summed E-state index contributed by atoms with van der Waals surface area (Å²) in [7, 11) is 1.61. The number of imidazole rings is 1. The highest BCUT2D eigenvalue weighted by Gasteiger charge is 2.37. The van der Waals surface area contributed by atoms with E-state index in [0.717, 1.165) is 76.2 Å². The first-order valence-electron chi connectivity index (χ1n) is 15.7. The SMILES string of the molecule is COc1ccc(N2CCC(N)CC2)c(NC(=O)c2[nH]c3cc(Cl)cc4c3c2-c2c(-c3ccccc3)ncn2[C@@H]4c2ccc(Cl)cc2Cl)c1. The highest BCUT2D eigenvalue weighted by atomic mass is 35.5. The second kappa shape index (κ2) is 12.2. The Kier molecular flexibility index (Phi) is 7.84. The average molecular weight is 698 g/mol. The number of halogens is 3. The van der Waals surface area contributed by atoms with Crippen LogP contribution in [0.25, 0.3) is 33.4 Å². The van der Waals surface area contributed by atoms with Crippen molar-refractivity contribution in [3.8, 4) is 28.3 Å². The van der Waals surface area contributed by atoms with Gasteiger partial charge in [-0.3, -0.25) is 4.79 Å². The molecule has 0 spiro atoms. The van der Waals surface area contributed by atoms with E-state index in [9.17, 15) is 4.79 Å². The fraction of sp³-hybridized carbons (Fsp3) is 0.189. The van der Waals surface area contributed by atoms with Gasteiger partial charge in [0.15, 0.2) is 0 Å². The van der Waals surface area contributed by atoms with Gasteiger partial charge in [-0.25, -0.2) is 4.98 Å². The number of carbonyl (C=O) groups is 1. The van der Waals surface area contributed by atoms with Crippen LogP contribution in [0.3, 0.4) is 0 Å². The molecule has 0 unspecified atom stereocenters. The lowest BCUT2D eigenvalue weighted by Gasteiger charge is -2.33. The maximum absolute atomic E-state index is 14.6. The number of anilines is 2. The van der Waals surface area contributed by atoms with Crippen molar-refractivity contribution in [2.24, 2.45) is 5.73 Å². The summed E-state index contributed by atoms with van der Waals surface area (Å²) in [6.45, 7) is 1.59. The molecule has 11 heteroatoms. The molecule has 8 nitrogen and oxygen atoms in total. The molecular formula is C37H31Cl3N6O2. The van der Waals surface area contributed by atoms with Gasteiger partial charge in [-0.15, -0.1) is 0 Å². The van der Waals surface area contributed by atoms with Crippen LogP contribution in [-0.4, -0.2) is 46.7 Å². The quantitative estimate of drug-likeness (QED) is 0.161. The predicted molar refractivity (Wildman–Crippen MR) is 194 cm³/mol. The van der Waals surface area contributed by atoms with E-state index >= 15 is 0 Å². The van der Waals surface area contributed by atoms with E-state index in [0.29, 0.717) is 32.2 Å². The van der Waals surface area contributed by atoms with Crippen molar-refractivity contribution in [1.82, 2.24) is 14.5 Å². The normalized spacial score (nSPS) is 15.9. The summed E-state index contributed by atoms with van der Waals surface area (Å²) >= 11 is 20.0. The number of benzene rings is 4. The van der Waals surface area contributed by atoms with Crippen molar-refractivity contribution in [1.29, 1.82) is 0 Å². The Hall–Kier alpha value is -4.47. The van der Waals surface area contributed by atoms with Crippen molar-refractivity contribution in [3.05, 3.63) is 117 Å². The second-order valence-electron chi connectivity index (χ2n) is 12.2. The second-order valence-corrected chi connectivity index (χ2v) is 13.5. The third-order valence-corrected chi connectivity index (χ3v) is 10.1. The van der Waals surface area contributed by atoms with Crippen molar-refractivity contribution in [2.75, 3.05) is 30.4 Å². The van der Waals surface area contributed by atoms with Gasteiger partial charge in [-0.05, 0) is 60.4 Å². The smallest absolute Gasteiger partial charge is 0.272 e. The van der Waals surface area contributed by atoms with Gasteiger partial charge in [0.2, 0.25) is 0 Å². The molecule has 48 heavy (non-hydrogen) atoms. The molecule has 6 aromatic rings. The van der Waals surface area contributed by atoms with Gasteiger partial charge < -0.3 is 30.2 Å². The molecule has 1 amide bonds. The van der Waals surface area contributed by atoms with Crippen LogP contribution >= 0.6 is 34.8 Å². The van der Waals surface area contributed by atoms with Gasteiger partial charge in [0.1, 0.15) is 11.4 Å². The number of hydrogen-bond donors (Lipinski definition) is 3. The molecule has 0 saturated carbocycles. The summed E-state index contributed by atoms with van der Waals surface area (Å²) in [5, 5.41) is 5.68. The van der Waals surface area contributed by atoms with Crippen LogP contribution in [-0.2, 0) is 0 Å². The number of hydrogen-bond acceptors (Lipinski definition) is 5. The minimum absolute atomic E-state index is 0.174. The number of rotatable bonds is 6. The highest BCUT2D eigenvalue weighted by molar-refractivity contribution is 6.35. The lowest BCUT2D eigenvalue weighted by molar-refractivity contribution is 0.102. The van der Waals surface area contributed by atoms with Crippen LogP contribution in [0.4, 0.5) is 11.4 Å². The van der Waals surface area contributed by atoms with Crippen LogP contribution in [0.2, 0.25) is 15.1 Å². The molecule has 2 aliphatic rings. The number of methoxy groups -OCH3 is 1. The Morgan fingerprint density at radius 3 is 2.50 bits per heavy atom. The van der Waals surface area contributed by atoms with E-state index < -0.39 is 0 Å². The van der Waals surface area contributed by atoms with E-state index in [1.807, 2.05) is 72.8 Å². The standard InChI is InChI=1S/C37H31Cl3N6O2/c1-48-24-8-10-30(45-13-11-23(41)12-14-45)28(18-24)44-37(47)34-32-31-26(15-22(39)17-29(31)43-34)35(25-9-7-21(38)16-27(25)40)46-19-42-33(36(32)46)20-5-3-2-4-6-20/h2-10,15-19,23,35,43H,11-14,41H2,1H3,(H,44,47)/t35-/m1/s1. The van der Waals surface area contributed by atoms with E-state index in [4.69, 9.17) is 50.3 Å². The molecule has 4 heterocycles. The van der Waals surface area contributed by atoms with Crippen molar-refractivity contribution < 1.29 is 9.53 Å². The highest BCUT2D eigenvalue weighted by Crippen LogP contribution is 2.51. The number of nitrogens with two attached hydrogens (primary N) is 1. The summed E-state index contributed by atoms with van der Waals surface area (Å²) < 4.78 is 7.63. The molecule has 4 N–H and O–H groups in total. The largest absolute Gasteiger partial charge is 0.497 e. The van der Waals surface area contributed by atoms with E-state index in [1.165, 1.54) is 0 Å². The lowest BCUT2D eigenvalue weighted by atomic mass is 9.87. The summed E-state index contributed by atoms with van der Waals surface area (Å²) in [6.07, 6.45) is 3.55. The zero-order valence-corrected chi connectivity index (χ0v) is 28.2. The fourth-order valence-electron chi connectivity index (χ4n) is 7.10. The van der Waals surface area contributed by atoms with Crippen molar-refractivity contribution in [2.45, 2.75) is 24.9 Å². The third kappa shape index (κ3) is 5.20. The number of aromatic amines is 1. The minimum Gasteiger partial charge on any atom is -0.497 e.